The molecule has 1 aliphatic heterocycles. The summed E-state index contributed by atoms with van der Waals surface area (Å²) in [6, 6.07) is 13.6. The second-order valence-electron chi connectivity index (χ2n) is 5.95. The van der Waals surface area contributed by atoms with Crippen LogP contribution in [-0.4, -0.2) is 33.4 Å². The van der Waals surface area contributed by atoms with Gasteiger partial charge in [-0.3, -0.25) is 0 Å². The molecule has 0 aliphatic carbocycles. The number of benzene rings is 2. The highest BCUT2D eigenvalue weighted by Crippen LogP contribution is 2.31. The van der Waals surface area contributed by atoms with Crippen molar-refractivity contribution in [2.24, 2.45) is 0 Å². The maximum Gasteiger partial charge on any atom is 0.124 e. The van der Waals surface area contributed by atoms with Gasteiger partial charge in [-0.1, -0.05) is 11.6 Å². The van der Waals surface area contributed by atoms with Crippen molar-refractivity contribution in [2.45, 2.75) is 12.5 Å². The Morgan fingerprint density at radius 3 is 2.52 bits per heavy atom. The number of rotatable bonds is 5. The molecule has 0 amide bonds. The number of anilines is 2. The van der Waals surface area contributed by atoms with Crippen molar-refractivity contribution >= 4 is 23.0 Å². The lowest BCUT2D eigenvalue weighted by Gasteiger charge is -2.21. The van der Waals surface area contributed by atoms with Gasteiger partial charge in [-0.2, -0.15) is 5.26 Å². The van der Waals surface area contributed by atoms with Crippen LogP contribution in [0.25, 0.3) is 0 Å². The molecule has 0 aromatic heterocycles. The van der Waals surface area contributed by atoms with Crippen molar-refractivity contribution in [3.8, 4) is 17.6 Å². The van der Waals surface area contributed by atoms with Gasteiger partial charge in [-0.05, 0) is 24.6 Å². The Kier molecular flexibility index (Phi) is 5.20. The monoisotopic (exact) mass is 357 g/mol. The fourth-order valence-electron chi connectivity index (χ4n) is 3.04. The molecule has 5 nitrogen and oxygen atoms in total. The van der Waals surface area contributed by atoms with E-state index in [0.29, 0.717) is 10.6 Å². The number of methoxy groups -OCH3 is 2. The predicted octanol–water partition coefficient (Wildman–Crippen LogP) is 3.92. The van der Waals surface area contributed by atoms with E-state index >= 15 is 0 Å². The van der Waals surface area contributed by atoms with Gasteiger partial charge in [-0.25, -0.2) is 0 Å². The topological polar surface area (TPSA) is 57.5 Å². The summed E-state index contributed by atoms with van der Waals surface area (Å²) in [6.45, 7) is 1.74. The Labute approximate surface area is 152 Å². The van der Waals surface area contributed by atoms with E-state index < -0.39 is 0 Å². The lowest BCUT2D eigenvalue weighted by atomic mass is 10.1. The van der Waals surface area contributed by atoms with E-state index in [-0.39, 0.29) is 6.04 Å². The molecule has 3 rings (SSSR count). The molecule has 2 aromatic rings. The van der Waals surface area contributed by atoms with Crippen molar-refractivity contribution in [2.75, 3.05) is 37.5 Å². The lowest BCUT2D eigenvalue weighted by molar-refractivity contribution is 0.394. The highest BCUT2D eigenvalue weighted by molar-refractivity contribution is 6.30. The lowest BCUT2D eigenvalue weighted by Crippen LogP contribution is -2.26. The summed E-state index contributed by atoms with van der Waals surface area (Å²) in [5, 5.41) is 13.3. The van der Waals surface area contributed by atoms with Crippen LogP contribution in [-0.2, 0) is 0 Å². The highest BCUT2D eigenvalue weighted by Gasteiger charge is 2.24. The van der Waals surface area contributed by atoms with Crippen LogP contribution in [0.15, 0.2) is 36.4 Å². The predicted molar refractivity (Wildman–Crippen MR) is 100.0 cm³/mol. The Bertz CT molecular complexity index is 781. The first-order valence-electron chi connectivity index (χ1n) is 8.07. The Morgan fingerprint density at radius 1 is 1.16 bits per heavy atom. The van der Waals surface area contributed by atoms with E-state index in [2.05, 4.69) is 16.3 Å². The standard InChI is InChI=1S/C19H20ClN3O2/c1-24-17-8-16(9-18(10-17)25-2)23-6-5-15(12-23)22-19-7-14(20)4-3-13(19)11-21/h3-4,7-10,15,22H,5-6,12H2,1-2H3. The van der Waals surface area contributed by atoms with Crippen molar-refractivity contribution in [3.05, 3.63) is 47.0 Å². The maximum atomic E-state index is 9.26. The van der Waals surface area contributed by atoms with Crippen LogP contribution in [0.1, 0.15) is 12.0 Å². The fraction of sp³-hybridized carbons (Fsp3) is 0.316. The van der Waals surface area contributed by atoms with Gasteiger partial charge in [0.2, 0.25) is 0 Å². The van der Waals surface area contributed by atoms with Crippen LogP contribution in [0, 0.1) is 11.3 Å². The van der Waals surface area contributed by atoms with Gasteiger partial charge >= 0.3 is 0 Å². The van der Waals surface area contributed by atoms with Crippen molar-refractivity contribution in [1.82, 2.24) is 0 Å². The quantitative estimate of drug-likeness (QED) is 0.878. The number of nitriles is 1. The van der Waals surface area contributed by atoms with E-state index in [1.54, 1.807) is 32.4 Å². The molecule has 6 heteroatoms. The molecule has 1 N–H and O–H groups in total. The highest BCUT2D eigenvalue weighted by atomic mass is 35.5. The molecule has 1 fully saturated rings. The van der Waals surface area contributed by atoms with Crippen molar-refractivity contribution < 1.29 is 9.47 Å². The Balaban J connectivity index is 1.74. The summed E-state index contributed by atoms with van der Waals surface area (Å²) in [4.78, 5) is 2.28. The number of hydrogen-bond donors (Lipinski definition) is 1. The van der Waals surface area contributed by atoms with Crippen molar-refractivity contribution in [1.29, 1.82) is 5.26 Å². The van der Waals surface area contributed by atoms with Crippen molar-refractivity contribution in [3.63, 3.8) is 0 Å². The zero-order valence-electron chi connectivity index (χ0n) is 14.3. The van der Waals surface area contributed by atoms with Crippen LogP contribution in [0.4, 0.5) is 11.4 Å². The SMILES string of the molecule is COc1cc(OC)cc(N2CCC(Nc3cc(Cl)ccc3C#N)C2)c1. The average Bonchev–Trinajstić information content (AvgIpc) is 3.10. The summed E-state index contributed by atoms with van der Waals surface area (Å²) >= 11 is 6.06. The summed E-state index contributed by atoms with van der Waals surface area (Å²) in [7, 11) is 3.30. The van der Waals surface area contributed by atoms with Crippen LogP contribution >= 0.6 is 11.6 Å². The third-order valence-electron chi connectivity index (χ3n) is 4.35. The summed E-state index contributed by atoms with van der Waals surface area (Å²) in [5.41, 5.74) is 2.45. The van der Waals surface area contributed by atoms with Gasteiger partial charge in [0.15, 0.2) is 0 Å². The number of halogens is 1. The molecule has 2 aromatic carbocycles. The molecule has 1 aliphatic rings. The van der Waals surface area contributed by atoms with E-state index in [1.165, 1.54) is 0 Å². The van der Waals surface area contributed by atoms with Gasteiger partial charge in [-0.15, -0.1) is 0 Å². The molecule has 130 valence electrons. The van der Waals surface area contributed by atoms with Crippen LogP contribution in [0.2, 0.25) is 5.02 Å². The number of nitrogens with zero attached hydrogens (tertiary/aromatic N) is 2. The minimum Gasteiger partial charge on any atom is -0.497 e. The summed E-state index contributed by atoms with van der Waals surface area (Å²) in [5.74, 6) is 1.54. The summed E-state index contributed by atoms with van der Waals surface area (Å²) in [6.07, 6.45) is 0.969. The molecule has 25 heavy (non-hydrogen) atoms. The van der Waals surface area contributed by atoms with Crippen LogP contribution in [0.3, 0.4) is 0 Å². The second kappa shape index (κ2) is 7.54. The third kappa shape index (κ3) is 3.92. The van der Waals surface area contributed by atoms with E-state index in [1.807, 2.05) is 18.2 Å². The maximum absolute atomic E-state index is 9.26. The minimum absolute atomic E-state index is 0.239. The minimum atomic E-state index is 0.239. The molecule has 0 radical (unpaired) electrons. The fourth-order valence-corrected chi connectivity index (χ4v) is 3.21. The Hall–Kier alpha value is -2.58. The van der Waals surface area contributed by atoms with Crippen LogP contribution in [0.5, 0.6) is 11.5 Å². The molecular formula is C19H20ClN3O2. The normalized spacial score (nSPS) is 16.4. The molecule has 0 bridgehead atoms. The largest absolute Gasteiger partial charge is 0.497 e. The van der Waals surface area contributed by atoms with Gasteiger partial charge in [0.1, 0.15) is 17.6 Å². The molecular weight excluding hydrogens is 338 g/mol. The molecule has 0 spiro atoms. The first-order chi connectivity index (χ1) is 12.1. The number of hydrogen-bond acceptors (Lipinski definition) is 5. The molecule has 1 heterocycles. The van der Waals surface area contributed by atoms with E-state index in [9.17, 15) is 5.26 Å². The molecule has 1 atom stereocenters. The third-order valence-corrected chi connectivity index (χ3v) is 4.59. The summed E-state index contributed by atoms with van der Waals surface area (Å²) < 4.78 is 10.7. The van der Waals surface area contributed by atoms with E-state index in [0.717, 1.165) is 42.4 Å². The van der Waals surface area contributed by atoms with Gasteiger partial charge in [0.25, 0.3) is 0 Å². The zero-order chi connectivity index (χ0) is 17.8. The van der Waals surface area contributed by atoms with Gasteiger partial charge in [0, 0.05) is 48.0 Å². The van der Waals surface area contributed by atoms with Gasteiger partial charge in [0.05, 0.1) is 25.5 Å². The first kappa shape index (κ1) is 17.2. The first-order valence-corrected chi connectivity index (χ1v) is 8.45. The molecule has 1 unspecified atom stereocenters. The second-order valence-corrected chi connectivity index (χ2v) is 6.38. The van der Waals surface area contributed by atoms with Crippen LogP contribution < -0.4 is 19.7 Å². The Morgan fingerprint density at radius 2 is 1.88 bits per heavy atom. The molecule has 1 saturated heterocycles. The zero-order valence-corrected chi connectivity index (χ0v) is 15.0. The smallest absolute Gasteiger partial charge is 0.124 e. The molecule has 0 saturated carbocycles. The average molecular weight is 358 g/mol. The van der Waals surface area contributed by atoms with E-state index in [4.69, 9.17) is 21.1 Å². The number of nitrogens with one attached hydrogen (secondary N) is 1. The number of ether oxygens (including phenoxy) is 2. The van der Waals surface area contributed by atoms with Gasteiger partial charge < -0.3 is 19.7 Å².